The molecule has 1 aliphatic heterocycles. The molecular formula is C24H40O4Si2. The van der Waals surface area contributed by atoms with Crippen LogP contribution in [-0.4, -0.2) is 41.2 Å². The summed E-state index contributed by atoms with van der Waals surface area (Å²) in [6, 6.07) is 9.77. The van der Waals surface area contributed by atoms with E-state index in [0.29, 0.717) is 12.4 Å². The molecule has 1 aromatic carbocycles. The first-order chi connectivity index (χ1) is 13.6. The molecule has 0 aliphatic carbocycles. The lowest BCUT2D eigenvalue weighted by Gasteiger charge is -2.43. The van der Waals surface area contributed by atoms with Crippen molar-refractivity contribution < 1.29 is 18.4 Å². The van der Waals surface area contributed by atoms with Crippen LogP contribution in [0.15, 0.2) is 36.4 Å². The monoisotopic (exact) mass is 448 g/mol. The number of hydrogen-bond acceptors (Lipinski definition) is 4. The van der Waals surface area contributed by atoms with Gasteiger partial charge in [-0.2, -0.15) is 0 Å². The smallest absolute Gasteiger partial charge is 0.193 e. The van der Waals surface area contributed by atoms with Crippen LogP contribution in [0, 0.1) is 0 Å². The Morgan fingerprint density at radius 3 is 1.93 bits per heavy atom. The van der Waals surface area contributed by atoms with Gasteiger partial charge in [-0.05, 0) is 36.3 Å². The molecule has 0 fully saturated rings. The number of benzene rings is 1. The highest BCUT2D eigenvalue weighted by atomic mass is 28.4. The van der Waals surface area contributed by atoms with E-state index >= 15 is 0 Å². The van der Waals surface area contributed by atoms with Crippen LogP contribution in [0.4, 0.5) is 0 Å². The lowest BCUT2D eigenvalue weighted by Crippen LogP contribution is -2.54. The van der Waals surface area contributed by atoms with Gasteiger partial charge in [0.25, 0.3) is 0 Å². The second kappa shape index (κ2) is 8.73. The predicted molar refractivity (Wildman–Crippen MR) is 130 cm³/mol. The Kier molecular flexibility index (Phi) is 7.29. The van der Waals surface area contributed by atoms with E-state index in [0.717, 1.165) is 5.56 Å². The van der Waals surface area contributed by atoms with E-state index in [2.05, 4.69) is 67.7 Å². The average Bonchev–Trinajstić information content (AvgIpc) is 2.60. The van der Waals surface area contributed by atoms with Gasteiger partial charge in [-0.15, -0.1) is 0 Å². The highest BCUT2D eigenvalue weighted by Crippen LogP contribution is 2.40. The first-order valence-corrected chi connectivity index (χ1v) is 16.7. The molecule has 4 nitrogen and oxygen atoms in total. The molecular weight excluding hydrogens is 408 g/mol. The zero-order valence-corrected chi connectivity index (χ0v) is 22.5. The molecule has 1 heterocycles. The van der Waals surface area contributed by atoms with Crippen LogP contribution < -0.4 is 0 Å². The van der Waals surface area contributed by atoms with Gasteiger partial charge >= 0.3 is 0 Å². The summed E-state index contributed by atoms with van der Waals surface area (Å²) in [6.07, 6.45) is 0.500. The molecule has 0 amide bonds. The molecule has 0 aromatic heterocycles. The first kappa shape index (κ1) is 25.0. The number of carbonyl (C=O) groups excluding carboxylic acids is 1. The second-order valence-corrected chi connectivity index (χ2v) is 20.9. The van der Waals surface area contributed by atoms with Crippen molar-refractivity contribution in [1.29, 1.82) is 0 Å². The average molecular weight is 449 g/mol. The predicted octanol–water partition coefficient (Wildman–Crippen LogP) is 6.41. The molecule has 0 saturated heterocycles. The summed E-state index contributed by atoms with van der Waals surface area (Å²) in [7, 11) is -4.16. The molecule has 0 saturated carbocycles. The van der Waals surface area contributed by atoms with Crippen LogP contribution in [0.3, 0.4) is 0 Å². The van der Waals surface area contributed by atoms with E-state index in [1.54, 1.807) is 6.08 Å². The summed E-state index contributed by atoms with van der Waals surface area (Å²) >= 11 is 0. The molecule has 0 N–H and O–H groups in total. The van der Waals surface area contributed by atoms with E-state index in [1.165, 1.54) is 0 Å². The van der Waals surface area contributed by atoms with Crippen molar-refractivity contribution in [2.45, 2.75) is 90.0 Å². The van der Waals surface area contributed by atoms with Gasteiger partial charge in [0.2, 0.25) is 0 Å². The third-order valence-corrected chi connectivity index (χ3v) is 15.8. The Bertz CT molecular complexity index is 771. The van der Waals surface area contributed by atoms with Gasteiger partial charge < -0.3 is 13.6 Å². The second-order valence-electron chi connectivity index (χ2n) is 11.3. The summed E-state index contributed by atoms with van der Waals surface area (Å²) in [4.78, 5) is 13.2. The van der Waals surface area contributed by atoms with Gasteiger partial charge in [-0.3, -0.25) is 4.79 Å². The summed E-state index contributed by atoms with van der Waals surface area (Å²) < 4.78 is 19.4. The molecule has 0 unspecified atom stereocenters. The molecule has 0 radical (unpaired) electrons. The Hall–Kier alpha value is -1.22. The number of hydrogen-bond donors (Lipinski definition) is 0. The highest BCUT2D eigenvalue weighted by molar-refractivity contribution is 6.74. The minimum absolute atomic E-state index is 0.00153. The van der Waals surface area contributed by atoms with Gasteiger partial charge in [0.15, 0.2) is 28.5 Å². The van der Waals surface area contributed by atoms with Crippen LogP contribution >= 0.6 is 0 Å². The van der Waals surface area contributed by atoms with Gasteiger partial charge in [0, 0.05) is 11.6 Å². The van der Waals surface area contributed by atoms with Gasteiger partial charge in [-0.25, -0.2) is 0 Å². The fraction of sp³-hybridized carbons (Fsp3) is 0.625. The Balaban J connectivity index is 2.34. The van der Waals surface area contributed by atoms with Gasteiger partial charge in [-0.1, -0.05) is 71.9 Å². The van der Waals surface area contributed by atoms with Gasteiger partial charge in [0.1, 0.15) is 11.9 Å². The molecule has 1 aromatic rings. The van der Waals surface area contributed by atoms with Gasteiger partial charge in [0.05, 0.1) is 6.61 Å². The quantitative estimate of drug-likeness (QED) is 0.472. The summed E-state index contributed by atoms with van der Waals surface area (Å²) in [5, 5.41) is 0.0844. The van der Waals surface area contributed by atoms with Crippen molar-refractivity contribution in [2.24, 2.45) is 0 Å². The summed E-state index contributed by atoms with van der Waals surface area (Å²) in [5.74, 6) is 0.563. The van der Waals surface area contributed by atoms with Crippen LogP contribution in [0.5, 0.6) is 0 Å². The van der Waals surface area contributed by atoms with Crippen molar-refractivity contribution in [2.75, 3.05) is 6.61 Å². The molecule has 0 bridgehead atoms. The maximum atomic E-state index is 13.2. The Labute approximate surface area is 185 Å². The van der Waals surface area contributed by atoms with E-state index in [1.807, 2.05) is 30.3 Å². The normalized spacial score (nSPS) is 21.3. The lowest BCUT2D eigenvalue weighted by atomic mass is 10.0. The van der Waals surface area contributed by atoms with E-state index < -0.39 is 28.8 Å². The van der Waals surface area contributed by atoms with E-state index in [4.69, 9.17) is 13.6 Å². The lowest BCUT2D eigenvalue weighted by molar-refractivity contribution is -0.130. The molecule has 1 aliphatic rings. The molecule has 168 valence electrons. The number of rotatable bonds is 6. The van der Waals surface area contributed by atoms with Crippen LogP contribution in [0.1, 0.15) is 47.1 Å². The van der Waals surface area contributed by atoms with Crippen LogP contribution in [0.2, 0.25) is 36.3 Å². The molecule has 2 atom stereocenters. The van der Waals surface area contributed by atoms with Crippen LogP contribution in [0.25, 0.3) is 5.76 Å². The third-order valence-electron chi connectivity index (χ3n) is 6.87. The summed E-state index contributed by atoms with van der Waals surface area (Å²) in [6.45, 7) is 22.3. The minimum atomic E-state index is -2.16. The van der Waals surface area contributed by atoms with Crippen molar-refractivity contribution in [3.8, 4) is 0 Å². The molecule has 2 rings (SSSR count). The number of ether oxygens (including phenoxy) is 1. The Morgan fingerprint density at radius 2 is 1.43 bits per heavy atom. The molecule has 30 heavy (non-hydrogen) atoms. The third kappa shape index (κ3) is 5.72. The fourth-order valence-electron chi connectivity index (χ4n) is 2.66. The first-order valence-electron chi connectivity index (χ1n) is 10.8. The SMILES string of the molecule is CC(C)(C)[Si](C)(C)OC[C@H]1OC(c2ccccc2)=CC(=O)[C@@H]1O[Si](C)(C)C(C)(C)C. The fourth-order valence-corrected chi connectivity index (χ4v) is 4.93. The van der Waals surface area contributed by atoms with Crippen molar-refractivity contribution >= 4 is 28.2 Å². The maximum absolute atomic E-state index is 13.2. The Morgan fingerprint density at radius 1 is 0.900 bits per heavy atom. The van der Waals surface area contributed by atoms with Crippen molar-refractivity contribution in [3.05, 3.63) is 42.0 Å². The van der Waals surface area contributed by atoms with Crippen molar-refractivity contribution in [1.82, 2.24) is 0 Å². The van der Waals surface area contributed by atoms with E-state index in [9.17, 15) is 4.79 Å². The molecule has 0 spiro atoms. The van der Waals surface area contributed by atoms with E-state index in [-0.39, 0.29) is 15.9 Å². The summed E-state index contributed by atoms with van der Waals surface area (Å²) in [5.41, 5.74) is 0.897. The molecule has 6 heteroatoms. The number of ketones is 1. The topological polar surface area (TPSA) is 44.8 Å². The largest absolute Gasteiger partial charge is 0.484 e. The number of carbonyl (C=O) groups is 1. The highest BCUT2D eigenvalue weighted by Gasteiger charge is 2.46. The zero-order chi connectivity index (χ0) is 23.0. The maximum Gasteiger partial charge on any atom is 0.193 e. The van der Waals surface area contributed by atoms with Crippen LogP contribution in [-0.2, 0) is 18.4 Å². The standard InChI is InChI=1S/C24H40O4Si2/c1-23(2,3)29(7,8)26-17-21-22(28-30(9,10)24(4,5)6)19(25)16-20(27-21)18-14-12-11-13-15-18/h11-16,21-22H,17H2,1-10H3/t21-,22+/m1/s1. The van der Waals surface area contributed by atoms with Crippen molar-refractivity contribution in [3.63, 3.8) is 0 Å². The zero-order valence-electron chi connectivity index (χ0n) is 20.5. The minimum Gasteiger partial charge on any atom is -0.484 e.